The summed E-state index contributed by atoms with van der Waals surface area (Å²) in [7, 11) is 0. The molecule has 0 aromatic heterocycles. The van der Waals surface area contributed by atoms with Crippen LogP contribution in [0.15, 0.2) is 0 Å². The minimum atomic E-state index is -0.567. The van der Waals surface area contributed by atoms with Gasteiger partial charge in [-0.2, -0.15) is 0 Å². The van der Waals surface area contributed by atoms with Gasteiger partial charge in [-0.3, -0.25) is 4.79 Å². The maximum Gasteiger partial charge on any atom is 0.246 e. The van der Waals surface area contributed by atoms with Crippen LogP contribution in [0.25, 0.3) is 0 Å². The lowest BCUT2D eigenvalue weighted by Crippen LogP contribution is -2.38. The Hall–Kier alpha value is -0.900. The minimum absolute atomic E-state index is 0.346. The second-order valence-electron chi connectivity index (χ2n) is 3.10. The fourth-order valence-corrected chi connectivity index (χ4v) is 0.909. The molecule has 0 aliphatic rings. The number of aldehydes is 1. The molecule has 0 spiro atoms. The molecule has 0 heterocycles. The third-order valence-electron chi connectivity index (χ3n) is 1.38. The quantitative estimate of drug-likeness (QED) is 0.561. The first-order chi connectivity index (χ1) is 5.60. The third kappa shape index (κ3) is 4.85. The molecule has 4 nitrogen and oxygen atoms in total. The van der Waals surface area contributed by atoms with Crippen LogP contribution in [0.4, 0.5) is 0 Å². The molecule has 0 saturated carbocycles. The number of carbonyl (C=O) groups excluding carboxylic acids is 2. The van der Waals surface area contributed by atoms with Crippen molar-refractivity contribution in [3.63, 3.8) is 0 Å². The highest BCUT2D eigenvalue weighted by atomic mass is 16.3. The van der Waals surface area contributed by atoms with Gasteiger partial charge in [0.05, 0.1) is 6.04 Å². The van der Waals surface area contributed by atoms with Crippen molar-refractivity contribution >= 4 is 12.2 Å². The number of amides is 1. The average molecular weight is 173 g/mol. The summed E-state index contributed by atoms with van der Waals surface area (Å²) in [4.78, 5) is 21.0. The first kappa shape index (κ1) is 11.1. The van der Waals surface area contributed by atoms with Gasteiger partial charge in [-0.05, 0) is 12.3 Å². The topological polar surface area (TPSA) is 66.4 Å². The van der Waals surface area contributed by atoms with Gasteiger partial charge in [-0.25, -0.2) is 0 Å². The summed E-state index contributed by atoms with van der Waals surface area (Å²) < 4.78 is 0. The number of hydrogen-bond donors (Lipinski definition) is 2. The lowest BCUT2D eigenvalue weighted by Gasteiger charge is -2.13. The van der Waals surface area contributed by atoms with Crippen molar-refractivity contribution in [1.29, 1.82) is 0 Å². The summed E-state index contributed by atoms with van der Waals surface area (Å²) in [5.74, 6) is -0.160. The molecular formula is C8H15NO3. The predicted molar refractivity (Wildman–Crippen MR) is 44.5 cm³/mol. The number of aliphatic hydroxyl groups excluding tert-OH is 1. The first-order valence-corrected chi connectivity index (χ1v) is 3.95. The molecule has 0 radical (unpaired) electrons. The Labute approximate surface area is 72.0 Å². The van der Waals surface area contributed by atoms with Crippen LogP contribution in [0.5, 0.6) is 0 Å². The standard InChI is InChI=1S/C8H15NO3/c1-6(2)3-7(4-10)9-8(12)5-11/h4,6-7,11H,3,5H2,1-2H3,(H,9,12). The van der Waals surface area contributed by atoms with E-state index in [1.54, 1.807) is 0 Å². The van der Waals surface area contributed by atoms with Crippen molar-refractivity contribution < 1.29 is 14.7 Å². The van der Waals surface area contributed by atoms with Crippen LogP contribution >= 0.6 is 0 Å². The third-order valence-corrected chi connectivity index (χ3v) is 1.38. The fraction of sp³-hybridized carbons (Fsp3) is 0.750. The molecule has 12 heavy (non-hydrogen) atoms. The van der Waals surface area contributed by atoms with Crippen LogP contribution in [0.2, 0.25) is 0 Å². The van der Waals surface area contributed by atoms with Crippen molar-refractivity contribution in [3.05, 3.63) is 0 Å². The Kier molecular flexibility index (Phi) is 5.28. The summed E-state index contributed by atoms with van der Waals surface area (Å²) in [5.41, 5.74) is 0. The molecule has 1 unspecified atom stereocenters. The molecule has 0 rings (SSSR count). The zero-order valence-electron chi connectivity index (χ0n) is 7.41. The number of aliphatic hydroxyl groups is 1. The smallest absolute Gasteiger partial charge is 0.246 e. The van der Waals surface area contributed by atoms with Crippen LogP contribution < -0.4 is 5.32 Å². The van der Waals surface area contributed by atoms with Gasteiger partial charge >= 0.3 is 0 Å². The largest absolute Gasteiger partial charge is 0.387 e. The second kappa shape index (κ2) is 5.71. The molecule has 0 bridgehead atoms. The SMILES string of the molecule is CC(C)CC(C=O)NC(=O)CO. The van der Waals surface area contributed by atoms with E-state index >= 15 is 0 Å². The van der Waals surface area contributed by atoms with Crippen molar-refractivity contribution in [2.75, 3.05) is 6.61 Å². The van der Waals surface area contributed by atoms with Gasteiger partial charge in [-0.1, -0.05) is 13.8 Å². The van der Waals surface area contributed by atoms with Gasteiger partial charge in [0, 0.05) is 0 Å². The van der Waals surface area contributed by atoms with E-state index in [0.717, 1.165) is 0 Å². The van der Waals surface area contributed by atoms with Crippen molar-refractivity contribution in [2.24, 2.45) is 5.92 Å². The van der Waals surface area contributed by atoms with Gasteiger partial charge in [0.25, 0.3) is 0 Å². The number of hydrogen-bond acceptors (Lipinski definition) is 3. The average Bonchev–Trinajstić information content (AvgIpc) is 2.02. The maximum atomic E-state index is 10.6. The van der Waals surface area contributed by atoms with Crippen molar-refractivity contribution in [3.8, 4) is 0 Å². The van der Waals surface area contributed by atoms with Gasteiger partial charge < -0.3 is 15.2 Å². The van der Waals surface area contributed by atoms with Crippen LogP contribution in [0.3, 0.4) is 0 Å². The Morgan fingerprint density at radius 2 is 2.17 bits per heavy atom. The molecule has 0 aliphatic carbocycles. The van der Waals surface area contributed by atoms with Gasteiger partial charge in [0.1, 0.15) is 12.9 Å². The lowest BCUT2D eigenvalue weighted by atomic mass is 10.1. The first-order valence-electron chi connectivity index (χ1n) is 3.95. The molecule has 0 saturated heterocycles. The van der Waals surface area contributed by atoms with Crippen LogP contribution in [-0.4, -0.2) is 29.9 Å². The van der Waals surface area contributed by atoms with E-state index in [0.29, 0.717) is 18.6 Å². The Morgan fingerprint density at radius 3 is 2.50 bits per heavy atom. The normalized spacial score (nSPS) is 12.7. The second-order valence-corrected chi connectivity index (χ2v) is 3.10. The minimum Gasteiger partial charge on any atom is -0.387 e. The molecule has 0 aromatic rings. The molecule has 0 aromatic carbocycles. The molecule has 1 atom stereocenters. The van der Waals surface area contributed by atoms with E-state index in [2.05, 4.69) is 5.32 Å². The zero-order chi connectivity index (χ0) is 9.56. The summed E-state index contributed by atoms with van der Waals surface area (Å²) in [6.07, 6.45) is 1.29. The molecule has 1 amide bonds. The summed E-state index contributed by atoms with van der Waals surface area (Å²) in [5, 5.41) is 10.8. The van der Waals surface area contributed by atoms with Crippen LogP contribution in [0, 0.1) is 5.92 Å². The summed E-state index contributed by atoms with van der Waals surface area (Å²) >= 11 is 0. The zero-order valence-corrected chi connectivity index (χ0v) is 7.41. The Bertz CT molecular complexity index is 156. The highest BCUT2D eigenvalue weighted by Gasteiger charge is 2.11. The van der Waals surface area contributed by atoms with E-state index in [-0.39, 0.29) is 0 Å². The maximum absolute atomic E-state index is 10.6. The molecular weight excluding hydrogens is 158 g/mol. The van der Waals surface area contributed by atoms with Crippen LogP contribution in [-0.2, 0) is 9.59 Å². The summed E-state index contributed by atoms with van der Waals surface area (Å²) in [6, 6.07) is -0.468. The van der Waals surface area contributed by atoms with E-state index in [1.807, 2.05) is 13.8 Å². The van der Waals surface area contributed by atoms with Gasteiger partial charge in [0.2, 0.25) is 5.91 Å². The van der Waals surface area contributed by atoms with E-state index in [1.165, 1.54) is 0 Å². The number of carbonyl (C=O) groups is 2. The summed E-state index contributed by atoms with van der Waals surface area (Å²) in [6.45, 7) is 3.35. The monoisotopic (exact) mass is 173 g/mol. The highest BCUT2D eigenvalue weighted by Crippen LogP contribution is 2.02. The van der Waals surface area contributed by atoms with Crippen LogP contribution in [0.1, 0.15) is 20.3 Å². The molecule has 0 fully saturated rings. The predicted octanol–water partition coefficient (Wildman–Crippen LogP) is -0.292. The van der Waals surface area contributed by atoms with E-state index in [9.17, 15) is 9.59 Å². The molecule has 70 valence electrons. The van der Waals surface area contributed by atoms with E-state index in [4.69, 9.17) is 5.11 Å². The highest BCUT2D eigenvalue weighted by molar-refractivity contribution is 5.80. The fourth-order valence-electron chi connectivity index (χ4n) is 0.909. The number of rotatable bonds is 5. The van der Waals surface area contributed by atoms with Gasteiger partial charge in [0.15, 0.2) is 0 Å². The van der Waals surface area contributed by atoms with Crippen molar-refractivity contribution in [1.82, 2.24) is 5.32 Å². The molecule has 2 N–H and O–H groups in total. The lowest BCUT2D eigenvalue weighted by molar-refractivity contribution is -0.126. The molecule has 4 heteroatoms. The molecule has 0 aliphatic heterocycles. The van der Waals surface area contributed by atoms with Crippen molar-refractivity contribution in [2.45, 2.75) is 26.3 Å². The number of nitrogens with one attached hydrogen (secondary N) is 1. The Balaban J connectivity index is 3.82. The van der Waals surface area contributed by atoms with E-state index < -0.39 is 18.6 Å². The van der Waals surface area contributed by atoms with Gasteiger partial charge in [-0.15, -0.1) is 0 Å². The Morgan fingerprint density at radius 1 is 1.58 bits per heavy atom.